The molecule has 3 heteroatoms. The average Bonchev–Trinajstić information content (AvgIpc) is 2.38. The maximum atomic E-state index is 5.51. The molecule has 0 amide bonds. The van der Waals surface area contributed by atoms with Crippen molar-refractivity contribution in [3.8, 4) is 0 Å². The Morgan fingerprint density at radius 2 is 2.00 bits per heavy atom. The highest BCUT2D eigenvalue weighted by Crippen LogP contribution is 2.14. The van der Waals surface area contributed by atoms with Gasteiger partial charge in [-0.2, -0.15) is 0 Å². The number of fused-ring (bicyclic) bond motifs is 1. The van der Waals surface area contributed by atoms with Crippen molar-refractivity contribution in [1.29, 1.82) is 0 Å². The number of pyridine rings is 1. The van der Waals surface area contributed by atoms with Gasteiger partial charge in [0.1, 0.15) is 5.82 Å². The monoisotopic (exact) mass is 244 g/mol. The Morgan fingerprint density at radius 1 is 1.17 bits per heavy atom. The van der Waals surface area contributed by atoms with E-state index in [4.69, 9.17) is 4.74 Å². The molecular formula is C15H20N2O. The Labute approximate surface area is 108 Å². The summed E-state index contributed by atoms with van der Waals surface area (Å²) in [6.07, 6.45) is 0. The Balaban J connectivity index is 1.84. The van der Waals surface area contributed by atoms with Gasteiger partial charge in [-0.15, -0.1) is 0 Å². The minimum absolute atomic E-state index is 0.587. The predicted molar refractivity (Wildman–Crippen MR) is 75.9 cm³/mol. The highest BCUT2D eigenvalue weighted by Gasteiger charge is 1.97. The molecule has 0 aliphatic rings. The van der Waals surface area contributed by atoms with Crippen LogP contribution >= 0.6 is 0 Å². The van der Waals surface area contributed by atoms with E-state index in [1.165, 1.54) is 5.39 Å². The predicted octanol–water partition coefficient (Wildman–Crippen LogP) is 3.32. The van der Waals surface area contributed by atoms with E-state index in [2.05, 4.69) is 36.3 Å². The number of anilines is 1. The van der Waals surface area contributed by atoms with Gasteiger partial charge < -0.3 is 10.1 Å². The van der Waals surface area contributed by atoms with Crippen molar-refractivity contribution in [2.24, 2.45) is 5.92 Å². The van der Waals surface area contributed by atoms with Crippen LogP contribution in [0.25, 0.3) is 10.9 Å². The van der Waals surface area contributed by atoms with Gasteiger partial charge in [-0.25, -0.2) is 4.98 Å². The van der Waals surface area contributed by atoms with Crippen molar-refractivity contribution in [1.82, 2.24) is 4.98 Å². The molecule has 0 saturated heterocycles. The minimum atomic E-state index is 0.587. The number of benzene rings is 1. The molecule has 0 saturated carbocycles. The number of hydrogen-bond acceptors (Lipinski definition) is 3. The molecule has 0 aliphatic carbocycles. The highest BCUT2D eigenvalue weighted by molar-refractivity contribution is 5.79. The fourth-order valence-electron chi connectivity index (χ4n) is 1.73. The van der Waals surface area contributed by atoms with Crippen LogP contribution < -0.4 is 5.32 Å². The van der Waals surface area contributed by atoms with Crippen molar-refractivity contribution in [3.63, 3.8) is 0 Å². The lowest BCUT2D eigenvalue weighted by Gasteiger charge is -2.09. The second-order valence-corrected chi connectivity index (χ2v) is 4.78. The first-order valence-corrected chi connectivity index (χ1v) is 6.43. The summed E-state index contributed by atoms with van der Waals surface area (Å²) < 4.78 is 5.51. The van der Waals surface area contributed by atoms with Crippen molar-refractivity contribution in [3.05, 3.63) is 36.4 Å². The standard InChI is InChI=1S/C15H20N2O/c1-12(2)11-18-10-9-16-15-8-7-13-5-3-4-6-14(13)17-15/h3-8,12H,9-11H2,1-2H3,(H,16,17). The van der Waals surface area contributed by atoms with Gasteiger partial charge in [-0.05, 0) is 24.1 Å². The Kier molecular flexibility index (Phi) is 4.53. The van der Waals surface area contributed by atoms with E-state index >= 15 is 0 Å². The molecule has 0 atom stereocenters. The maximum Gasteiger partial charge on any atom is 0.126 e. The van der Waals surface area contributed by atoms with Crippen molar-refractivity contribution in [2.45, 2.75) is 13.8 Å². The summed E-state index contributed by atoms with van der Waals surface area (Å²) in [5, 5.41) is 4.44. The Morgan fingerprint density at radius 3 is 2.83 bits per heavy atom. The molecule has 1 aromatic carbocycles. The molecule has 1 heterocycles. The third kappa shape index (κ3) is 3.70. The molecule has 18 heavy (non-hydrogen) atoms. The maximum absolute atomic E-state index is 5.51. The first-order chi connectivity index (χ1) is 8.75. The van der Waals surface area contributed by atoms with Gasteiger partial charge in [-0.1, -0.05) is 32.0 Å². The molecule has 2 aromatic rings. The molecule has 1 N–H and O–H groups in total. The van der Waals surface area contributed by atoms with Crippen LogP contribution in [-0.2, 0) is 4.74 Å². The molecule has 96 valence electrons. The van der Waals surface area contributed by atoms with Gasteiger partial charge in [0.2, 0.25) is 0 Å². The number of ether oxygens (including phenoxy) is 1. The van der Waals surface area contributed by atoms with E-state index in [1.807, 2.05) is 24.3 Å². The number of para-hydroxylation sites is 1. The first-order valence-electron chi connectivity index (χ1n) is 6.43. The largest absolute Gasteiger partial charge is 0.379 e. The number of nitrogens with one attached hydrogen (secondary N) is 1. The van der Waals surface area contributed by atoms with Crippen LogP contribution in [0.3, 0.4) is 0 Å². The molecule has 1 aromatic heterocycles. The lowest BCUT2D eigenvalue weighted by molar-refractivity contribution is 0.118. The van der Waals surface area contributed by atoms with Gasteiger partial charge in [0, 0.05) is 18.5 Å². The van der Waals surface area contributed by atoms with Gasteiger partial charge in [0.15, 0.2) is 0 Å². The fraction of sp³-hybridized carbons (Fsp3) is 0.400. The first kappa shape index (κ1) is 12.8. The Bertz CT molecular complexity index is 497. The number of hydrogen-bond donors (Lipinski definition) is 1. The molecular weight excluding hydrogens is 224 g/mol. The summed E-state index contributed by atoms with van der Waals surface area (Å²) in [5.74, 6) is 1.49. The van der Waals surface area contributed by atoms with Crippen molar-refractivity contribution in [2.75, 3.05) is 25.1 Å². The van der Waals surface area contributed by atoms with Crippen LogP contribution in [0.5, 0.6) is 0 Å². The van der Waals surface area contributed by atoms with Crippen LogP contribution in [-0.4, -0.2) is 24.7 Å². The third-order valence-corrected chi connectivity index (χ3v) is 2.60. The summed E-state index contributed by atoms with van der Waals surface area (Å²) in [6, 6.07) is 12.2. The molecule has 3 nitrogen and oxygen atoms in total. The molecule has 2 rings (SSSR count). The zero-order valence-electron chi connectivity index (χ0n) is 11.0. The summed E-state index contributed by atoms with van der Waals surface area (Å²) in [4.78, 5) is 4.54. The van der Waals surface area contributed by atoms with E-state index in [0.29, 0.717) is 12.5 Å². The summed E-state index contributed by atoms with van der Waals surface area (Å²) in [5.41, 5.74) is 1.02. The van der Waals surface area contributed by atoms with Crippen LogP contribution in [0.4, 0.5) is 5.82 Å². The average molecular weight is 244 g/mol. The van der Waals surface area contributed by atoms with Crippen molar-refractivity contribution < 1.29 is 4.74 Å². The SMILES string of the molecule is CC(C)COCCNc1ccc2ccccc2n1. The number of nitrogens with zero attached hydrogens (tertiary/aromatic N) is 1. The van der Waals surface area contributed by atoms with E-state index in [1.54, 1.807) is 0 Å². The molecule has 0 unspecified atom stereocenters. The minimum Gasteiger partial charge on any atom is -0.379 e. The summed E-state index contributed by atoms with van der Waals surface area (Å²) >= 11 is 0. The van der Waals surface area contributed by atoms with Gasteiger partial charge in [0.05, 0.1) is 12.1 Å². The second-order valence-electron chi connectivity index (χ2n) is 4.78. The normalized spacial score (nSPS) is 11.1. The van der Waals surface area contributed by atoms with Gasteiger partial charge >= 0.3 is 0 Å². The molecule has 0 aliphatic heterocycles. The lowest BCUT2D eigenvalue weighted by Crippen LogP contribution is -2.12. The van der Waals surface area contributed by atoms with E-state index in [0.717, 1.165) is 24.5 Å². The van der Waals surface area contributed by atoms with E-state index in [-0.39, 0.29) is 0 Å². The summed E-state index contributed by atoms with van der Waals surface area (Å²) in [6.45, 7) is 6.62. The molecule has 0 spiro atoms. The van der Waals surface area contributed by atoms with Crippen LogP contribution in [0.2, 0.25) is 0 Å². The van der Waals surface area contributed by atoms with Crippen LogP contribution in [0, 0.1) is 5.92 Å². The van der Waals surface area contributed by atoms with E-state index in [9.17, 15) is 0 Å². The van der Waals surface area contributed by atoms with Crippen LogP contribution in [0.1, 0.15) is 13.8 Å². The van der Waals surface area contributed by atoms with Gasteiger partial charge in [-0.3, -0.25) is 0 Å². The lowest BCUT2D eigenvalue weighted by atomic mass is 10.2. The quantitative estimate of drug-likeness (QED) is 0.791. The highest BCUT2D eigenvalue weighted by atomic mass is 16.5. The van der Waals surface area contributed by atoms with E-state index < -0.39 is 0 Å². The van der Waals surface area contributed by atoms with Gasteiger partial charge in [0.25, 0.3) is 0 Å². The molecule has 0 fully saturated rings. The van der Waals surface area contributed by atoms with Crippen LogP contribution in [0.15, 0.2) is 36.4 Å². The molecule has 0 bridgehead atoms. The zero-order valence-corrected chi connectivity index (χ0v) is 11.0. The zero-order chi connectivity index (χ0) is 12.8. The summed E-state index contributed by atoms with van der Waals surface area (Å²) in [7, 11) is 0. The number of rotatable bonds is 6. The Hall–Kier alpha value is -1.61. The second kappa shape index (κ2) is 6.36. The topological polar surface area (TPSA) is 34.1 Å². The fourth-order valence-corrected chi connectivity index (χ4v) is 1.73. The van der Waals surface area contributed by atoms with Crippen molar-refractivity contribution >= 4 is 16.7 Å². The number of aromatic nitrogens is 1. The smallest absolute Gasteiger partial charge is 0.126 e. The molecule has 0 radical (unpaired) electrons. The third-order valence-electron chi connectivity index (χ3n) is 2.60.